The highest BCUT2D eigenvalue weighted by atomic mass is 19.3. The summed E-state index contributed by atoms with van der Waals surface area (Å²) in [6.07, 6.45) is 1.36. The molecule has 0 bridgehead atoms. The third-order valence-corrected chi connectivity index (χ3v) is 2.10. The first kappa shape index (κ1) is 11.4. The molecule has 0 atom stereocenters. The summed E-state index contributed by atoms with van der Waals surface area (Å²) in [5, 5.41) is 0. The number of nitrogens with zero attached hydrogens (tertiary/aromatic N) is 1. The van der Waals surface area contributed by atoms with Crippen molar-refractivity contribution >= 4 is 0 Å². The summed E-state index contributed by atoms with van der Waals surface area (Å²) >= 11 is 0. The molecule has 1 aromatic heterocycles. The van der Waals surface area contributed by atoms with E-state index in [0.717, 1.165) is 0 Å². The summed E-state index contributed by atoms with van der Waals surface area (Å²) in [4.78, 5) is 4.00. The van der Waals surface area contributed by atoms with E-state index in [4.69, 9.17) is 0 Å². The second-order valence-electron chi connectivity index (χ2n) is 3.26. The fourth-order valence-corrected chi connectivity index (χ4v) is 1.37. The van der Waals surface area contributed by atoms with E-state index in [1.165, 1.54) is 42.6 Å². The van der Waals surface area contributed by atoms with Crippen molar-refractivity contribution in [1.29, 1.82) is 0 Å². The molecule has 1 heterocycles. The number of ether oxygens (including phenoxy) is 1. The maximum atomic E-state index is 12.7. The molecule has 88 valence electrons. The summed E-state index contributed by atoms with van der Waals surface area (Å²) in [7, 11) is 0. The second-order valence-corrected chi connectivity index (χ2v) is 3.26. The first-order valence-corrected chi connectivity index (χ1v) is 4.82. The molecule has 0 amide bonds. The van der Waals surface area contributed by atoms with Crippen LogP contribution in [0, 0.1) is 5.82 Å². The van der Waals surface area contributed by atoms with Crippen LogP contribution in [0.15, 0.2) is 42.6 Å². The zero-order valence-electron chi connectivity index (χ0n) is 8.61. The third kappa shape index (κ3) is 2.96. The molecular weight excluding hydrogens is 231 g/mol. The maximum absolute atomic E-state index is 12.7. The van der Waals surface area contributed by atoms with Gasteiger partial charge in [-0.1, -0.05) is 0 Å². The van der Waals surface area contributed by atoms with E-state index in [2.05, 4.69) is 9.72 Å². The monoisotopic (exact) mass is 239 g/mol. The van der Waals surface area contributed by atoms with Crippen molar-refractivity contribution in [2.24, 2.45) is 0 Å². The van der Waals surface area contributed by atoms with Crippen LogP contribution in [0.2, 0.25) is 0 Å². The third-order valence-electron chi connectivity index (χ3n) is 2.10. The van der Waals surface area contributed by atoms with E-state index in [-0.39, 0.29) is 11.6 Å². The summed E-state index contributed by atoms with van der Waals surface area (Å²) in [5.74, 6) is -0.344. The molecule has 0 aliphatic carbocycles. The summed E-state index contributed by atoms with van der Waals surface area (Å²) in [6, 6.07) is 8.29. The van der Waals surface area contributed by atoms with Gasteiger partial charge in [0.05, 0.1) is 5.69 Å². The van der Waals surface area contributed by atoms with Crippen LogP contribution in [-0.2, 0) is 0 Å². The van der Waals surface area contributed by atoms with Crippen LogP contribution in [0.1, 0.15) is 0 Å². The summed E-state index contributed by atoms with van der Waals surface area (Å²) in [6.45, 7) is -2.88. The minimum atomic E-state index is -2.88. The van der Waals surface area contributed by atoms with Gasteiger partial charge in [-0.2, -0.15) is 8.78 Å². The highest BCUT2D eigenvalue weighted by Gasteiger charge is 2.06. The minimum absolute atomic E-state index is 0.0225. The molecule has 17 heavy (non-hydrogen) atoms. The Hall–Kier alpha value is -2.04. The lowest BCUT2D eigenvalue weighted by Gasteiger charge is -2.06. The van der Waals surface area contributed by atoms with Crippen LogP contribution in [0.25, 0.3) is 11.3 Å². The maximum Gasteiger partial charge on any atom is 0.387 e. The van der Waals surface area contributed by atoms with Crippen LogP contribution in [0.4, 0.5) is 13.2 Å². The van der Waals surface area contributed by atoms with Gasteiger partial charge in [0, 0.05) is 17.8 Å². The molecule has 0 radical (unpaired) electrons. The zero-order valence-corrected chi connectivity index (χ0v) is 8.61. The van der Waals surface area contributed by atoms with Crippen LogP contribution < -0.4 is 4.74 Å². The van der Waals surface area contributed by atoms with Gasteiger partial charge in [0.15, 0.2) is 0 Å². The Bertz CT molecular complexity index is 499. The Morgan fingerprint density at radius 3 is 2.41 bits per heavy atom. The molecule has 0 unspecified atom stereocenters. The van der Waals surface area contributed by atoms with Gasteiger partial charge >= 0.3 is 6.61 Å². The Morgan fingerprint density at radius 1 is 1.06 bits per heavy atom. The van der Waals surface area contributed by atoms with E-state index in [1.54, 1.807) is 0 Å². The topological polar surface area (TPSA) is 22.1 Å². The SMILES string of the molecule is Fc1ccc(-c2cc(OC(F)F)ccn2)cc1. The number of pyridine rings is 1. The van der Waals surface area contributed by atoms with E-state index in [1.807, 2.05) is 0 Å². The van der Waals surface area contributed by atoms with Crippen molar-refractivity contribution in [2.45, 2.75) is 6.61 Å². The normalized spacial score (nSPS) is 10.6. The Labute approximate surface area is 95.7 Å². The number of halogens is 3. The molecule has 0 aliphatic heterocycles. The van der Waals surface area contributed by atoms with Gasteiger partial charge in [-0.05, 0) is 30.3 Å². The Morgan fingerprint density at radius 2 is 1.76 bits per heavy atom. The quantitative estimate of drug-likeness (QED) is 0.817. The molecule has 2 aromatic rings. The van der Waals surface area contributed by atoms with Crippen LogP contribution in [0.5, 0.6) is 5.75 Å². The average molecular weight is 239 g/mol. The lowest BCUT2D eigenvalue weighted by Crippen LogP contribution is -2.02. The Balaban J connectivity index is 2.29. The van der Waals surface area contributed by atoms with Gasteiger partial charge in [0.1, 0.15) is 11.6 Å². The summed E-state index contributed by atoms with van der Waals surface area (Å²) in [5.41, 5.74) is 1.08. The zero-order chi connectivity index (χ0) is 12.3. The average Bonchev–Trinajstić information content (AvgIpc) is 2.29. The van der Waals surface area contributed by atoms with Crippen molar-refractivity contribution in [3.8, 4) is 17.0 Å². The highest BCUT2D eigenvalue weighted by molar-refractivity contribution is 5.60. The lowest BCUT2D eigenvalue weighted by atomic mass is 10.1. The van der Waals surface area contributed by atoms with Crippen molar-refractivity contribution in [1.82, 2.24) is 4.98 Å². The van der Waals surface area contributed by atoms with E-state index < -0.39 is 6.61 Å². The van der Waals surface area contributed by atoms with E-state index >= 15 is 0 Å². The van der Waals surface area contributed by atoms with E-state index in [9.17, 15) is 13.2 Å². The standard InChI is InChI=1S/C12H8F3NO/c13-9-3-1-8(2-4-9)11-7-10(5-6-16-11)17-12(14)15/h1-7,12H. The number of alkyl halides is 2. The van der Waals surface area contributed by atoms with Crippen LogP contribution in [0.3, 0.4) is 0 Å². The van der Waals surface area contributed by atoms with Crippen LogP contribution >= 0.6 is 0 Å². The van der Waals surface area contributed by atoms with Gasteiger partial charge in [-0.3, -0.25) is 4.98 Å². The fraction of sp³-hybridized carbons (Fsp3) is 0.0833. The van der Waals surface area contributed by atoms with Crippen molar-refractivity contribution in [3.63, 3.8) is 0 Å². The minimum Gasteiger partial charge on any atom is -0.435 e. The fourth-order valence-electron chi connectivity index (χ4n) is 1.37. The molecule has 0 saturated heterocycles. The lowest BCUT2D eigenvalue weighted by molar-refractivity contribution is -0.0498. The molecule has 5 heteroatoms. The largest absolute Gasteiger partial charge is 0.435 e. The number of aromatic nitrogens is 1. The predicted octanol–water partition coefficient (Wildman–Crippen LogP) is 3.49. The molecule has 0 fully saturated rings. The number of rotatable bonds is 3. The highest BCUT2D eigenvalue weighted by Crippen LogP contribution is 2.22. The molecule has 0 saturated carbocycles. The molecule has 1 aromatic carbocycles. The van der Waals surface area contributed by atoms with Gasteiger partial charge in [0.25, 0.3) is 0 Å². The van der Waals surface area contributed by atoms with Crippen molar-refractivity contribution in [3.05, 3.63) is 48.4 Å². The van der Waals surface area contributed by atoms with Gasteiger partial charge in [0.2, 0.25) is 0 Å². The van der Waals surface area contributed by atoms with Gasteiger partial charge in [-0.25, -0.2) is 4.39 Å². The molecule has 0 spiro atoms. The number of hydrogen-bond acceptors (Lipinski definition) is 2. The molecule has 0 N–H and O–H groups in total. The van der Waals surface area contributed by atoms with Crippen molar-refractivity contribution in [2.75, 3.05) is 0 Å². The molecular formula is C12H8F3NO. The second kappa shape index (κ2) is 4.86. The first-order valence-electron chi connectivity index (χ1n) is 4.82. The Kier molecular flexibility index (Phi) is 3.27. The van der Waals surface area contributed by atoms with Gasteiger partial charge < -0.3 is 4.74 Å². The van der Waals surface area contributed by atoms with Gasteiger partial charge in [-0.15, -0.1) is 0 Å². The molecule has 2 nitrogen and oxygen atoms in total. The first-order chi connectivity index (χ1) is 8.15. The van der Waals surface area contributed by atoms with Crippen molar-refractivity contribution < 1.29 is 17.9 Å². The molecule has 2 rings (SSSR count). The number of benzene rings is 1. The number of hydrogen-bond donors (Lipinski definition) is 0. The summed E-state index contributed by atoms with van der Waals surface area (Å²) < 4.78 is 41.0. The molecule has 0 aliphatic rings. The van der Waals surface area contributed by atoms with Crippen LogP contribution in [-0.4, -0.2) is 11.6 Å². The smallest absolute Gasteiger partial charge is 0.387 e. The van der Waals surface area contributed by atoms with E-state index in [0.29, 0.717) is 11.3 Å². The predicted molar refractivity (Wildman–Crippen MR) is 56.3 cm³/mol.